The normalized spacial score (nSPS) is 11.8. The summed E-state index contributed by atoms with van der Waals surface area (Å²) >= 11 is 9.92. The lowest BCUT2D eigenvalue weighted by Crippen LogP contribution is -2.29. The second kappa shape index (κ2) is 11.2. The highest BCUT2D eigenvalue weighted by molar-refractivity contribution is 9.10. The molecular weight excluding hydrogens is 586 g/mol. The molecule has 2 aromatic heterocycles. The van der Waals surface area contributed by atoms with Crippen molar-refractivity contribution in [2.45, 2.75) is 11.3 Å². The summed E-state index contributed by atoms with van der Waals surface area (Å²) in [7, 11) is -2.00. The number of hydrogen-bond donors (Lipinski definition) is 1. The number of anilines is 1. The van der Waals surface area contributed by atoms with Gasteiger partial charge in [0.2, 0.25) is 10.0 Å². The Labute approximate surface area is 235 Å². The molecule has 0 amide bonds. The van der Waals surface area contributed by atoms with Crippen molar-refractivity contribution in [2.75, 3.05) is 25.5 Å². The maximum absolute atomic E-state index is 13.1. The van der Waals surface area contributed by atoms with Crippen LogP contribution in [0.5, 0.6) is 0 Å². The molecule has 0 aliphatic rings. The third-order valence-electron chi connectivity index (χ3n) is 6.20. The molecular formula is C28H25BrClN5O2S. The van der Waals surface area contributed by atoms with E-state index in [0.29, 0.717) is 35.9 Å². The second-order valence-corrected chi connectivity index (χ2v) is 12.0. The summed E-state index contributed by atoms with van der Waals surface area (Å²) in [6.07, 6.45) is 2.28. The van der Waals surface area contributed by atoms with Gasteiger partial charge in [0.25, 0.3) is 0 Å². The number of sulfonamides is 1. The van der Waals surface area contributed by atoms with E-state index < -0.39 is 10.0 Å². The van der Waals surface area contributed by atoms with Crippen LogP contribution in [0.3, 0.4) is 0 Å². The minimum absolute atomic E-state index is 0.272. The van der Waals surface area contributed by atoms with E-state index in [1.54, 1.807) is 29.9 Å². The van der Waals surface area contributed by atoms with Gasteiger partial charge in [-0.3, -0.25) is 0 Å². The van der Waals surface area contributed by atoms with Gasteiger partial charge in [-0.15, -0.1) is 0 Å². The van der Waals surface area contributed by atoms with Crippen LogP contribution in [-0.4, -0.2) is 47.5 Å². The van der Waals surface area contributed by atoms with Gasteiger partial charge in [-0.25, -0.2) is 17.7 Å². The molecule has 7 nitrogen and oxygen atoms in total. The van der Waals surface area contributed by atoms with Crippen LogP contribution in [0.25, 0.3) is 28.0 Å². The van der Waals surface area contributed by atoms with Crippen LogP contribution in [0.2, 0.25) is 5.02 Å². The Morgan fingerprint density at radius 1 is 0.974 bits per heavy atom. The van der Waals surface area contributed by atoms with Crippen LogP contribution < -0.4 is 5.32 Å². The van der Waals surface area contributed by atoms with E-state index >= 15 is 0 Å². The van der Waals surface area contributed by atoms with E-state index in [1.165, 1.54) is 4.31 Å². The lowest BCUT2D eigenvalue weighted by Gasteiger charge is -2.18. The number of nitrogens with one attached hydrogen (secondary N) is 1. The summed E-state index contributed by atoms with van der Waals surface area (Å²) in [4.78, 5) is 4.99. The molecule has 0 aliphatic carbocycles. The summed E-state index contributed by atoms with van der Waals surface area (Å²) in [6.45, 7) is 0.884. The zero-order valence-corrected chi connectivity index (χ0v) is 23.7. The minimum atomic E-state index is -3.60. The van der Waals surface area contributed by atoms with Gasteiger partial charge in [0.15, 0.2) is 5.65 Å². The van der Waals surface area contributed by atoms with Gasteiger partial charge in [-0.1, -0.05) is 72.3 Å². The van der Waals surface area contributed by atoms with Gasteiger partial charge < -0.3 is 5.32 Å². The molecule has 0 saturated carbocycles. The van der Waals surface area contributed by atoms with Crippen LogP contribution in [0, 0.1) is 0 Å². The van der Waals surface area contributed by atoms with Crippen molar-refractivity contribution in [3.63, 3.8) is 0 Å². The molecule has 10 heteroatoms. The van der Waals surface area contributed by atoms with Gasteiger partial charge in [0.1, 0.15) is 5.82 Å². The Balaban J connectivity index is 1.26. The molecule has 0 fully saturated rings. The molecule has 3 aromatic carbocycles. The molecule has 38 heavy (non-hydrogen) atoms. The van der Waals surface area contributed by atoms with Gasteiger partial charge in [-0.05, 0) is 51.7 Å². The largest absolute Gasteiger partial charge is 0.370 e. The molecule has 0 bridgehead atoms. The van der Waals surface area contributed by atoms with E-state index in [4.69, 9.17) is 16.6 Å². The highest BCUT2D eigenvalue weighted by Gasteiger charge is 2.20. The van der Waals surface area contributed by atoms with Crippen LogP contribution in [0.15, 0.2) is 100 Å². The number of nitrogens with zero attached hydrogens (tertiary/aromatic N) is 4. The molecule has 0 atom stereocenters. The Morgan fingerprint density at radius 2 is 1.66 bits per heavy atom. The number of fused-ring (bicyclic) bond motifs is 1. The van der Waals surface area contributed by atoms with Crippen LogP contribution >= 0.6 is 27.5 Å². The quantitative estimate of drug-likeness (QED) is 0.190. The van der Waals surface area contributed by atoms with Gasteiger partial charge in [-0.2, -0.15) is 9.61 Å². The van der Waals surface area contributed by atoms with Crippen molar-refractivity contribution in [1.82, 2.24) is 18.9 Å². The second-order valence-electron chi connectivity index (χ2n) is 8.73. The summed E-state index contributed by atoms with van der Waals surface area (Å²) in [5.74, 6) is 0.734. The van der Waals surface area contributed by atoms with Crippen molar-refractivity contribution < 1.29 is 8.42 Å². The summed E-state index contributed by atoms with van der Waals surface area (Å²) < 4.78 is 30.1. The predicted molar refractivity (Wildman–Crippen MR) is 156 cm³/mol. The number of aromatic nitrogens is 3. The minimum Gasteiger partial charge on any atom is -0.370 e. The molecule has 0 saturated heterocycles. The Hall–Kier alpha value is -3.24. The number of hydrogen-bond acceptors (Lipinski definition) is 5. The highest BCUT2D eigenvalue weighted by atomic mass is 79.9. The highest BCUT2D eigenvalue weighted by Crippen LogP contribution is 2.30. The molecule has 1 N–H and O–H groups in total. The topological polar surface area (TPSA) is 79.6 Å². The van der Waals surface area contributed by atoms with Crippen LogP contribution in [-0.2, 0) is 10.0 Å². The van der Waals surface area contributed by atoms with E-state index in [-0.39, 0.29) is 4.90 Å². The van der Waals surface area contributed by atoms with E-state index in [1.807, 2.05) is 72.8 Å². The van der Waals surface area contributed by atoms with Gasteiger partial charge in [0, 0.05) is 36.8 Å². The first-order valence-electron chi connectivity index (χ1n) is 12.0. The number of benzene rings is 3. The number of halogens is 2. The average Bonchev–Trinajstić information content (AvgIpc) is 3.32. The lowest BCUT2D eigenvalue weighted by molar-refractivity contribution is 0.465. The zero-order valence-electron chi connectivity index (χ0n) is 20.6. The van der Waals surface area contributed by atoms with Gasteiger partial charge in [0.05, 0.1) is 21.3 Å². The fraction of sp³-hybridized carbons (Fsp3) is 0.143. The van der Waals surface area contributed by atoms with Crippen molar-refractivity contribution >= 4 is 49.0 Å². The van der Waals surface area contributed by atoms with Crippen molar-refractivity contribution in [1.29, 1.82) is 0 Å². The average molecular weight is 611 g/mol. The Morgan fingerprint density at radius 3 is 2.39 bits per heavy atom. The molecule has 0 radical (unpaired) electrons. The van der Waals surface area contributed by atoms with Crippen molar-refractivity contribution in [3.8, 4) is 22.4 Å². The van der Waals surface area contributed by atoms with E-state index in [9.17, 15) is 8.42 Å². The summed E-state index contributed by atoms with van der Waals surface area (Å²) in [5, 5.41) is 8.39. The Kier molecular flexibility index (Phi) is 7.80. The van der Waals surface area contributed by atoms with Crippen LogP contribution in [0.1, 0.15) is 6.42 Å². The molecule has 0 aliphatic heterocycles. The van der Waals surface area contributed by atoms with Crippen molar-refractivity contribution in [3.05, 3.63) is 101 Å². The first-order chi connectivity index (χ1) is 18.3. The standard InChI is InChI=1S/C28H25BrClN5O2S/c1-34(38(36,37)22-14-12-21(13-15-22)20-8-3-2-4-9-20)17-7-16-31-27-18-26(23-10-5-6-11-25(23)30)33-28-24(29)19-32-35(27)28/h2-6,8-15,18-19,31H,7,16-17H2,1H3. The smallest absolute Gasteiger partial charge is 0.242 e. The zero-order chi connectivity index (χ0) is 26.7. The van der Waals surface area contributed by atoms with Gasteiger partial charge >= 0.3 is 0 Å². The molecule has 2 heterocycles. The maximum atomic E-state index is 13.1. The lowest BCUT2D eigenvalue weighted by atomic mass is 10.1. The molecule has 5 rings (SSSR count). The fourth-order valence-corrected chi connectivity index (χ4v) is 5.93. The van der Waals surface area contributed by atoms with Crippen LogP contribution in [0.4, 0.5) is 5.82 Å². The first kappa shape index (κ1) is 26.4. The third kappa shape index (κ3) is 5.47. The summed E-state index contributed by atoms with van der Waals surface area (Å²) in [6, 6.07) is 26.3. The fourth-order valence-electron chi connectivity index (χ4n) is 4.14. The Bertz CT molecular complexity index is 1680. The van der Waals surface area contributed by atoms with Crippen molar-refractivity contribution in [2.24, 2.45) is 0 Å². The molecule has 5 aromatic rings. The monoisotopic (exact) mass is 609 g/mol. The maximum Gasteiger partial charge on any atom is 0.242 e. The van der Waals surface area contributed by atoms with E-state index in [2.05, 4.69) is 26.3 Å². The first-order valence-corrected chi connectivity index (χ1v) is 14.6. The number of rotatable bonds is 9. The third-order valence-corrected chi connectivity index (χ3v) is 8.96. The molecule has 194 valence electrons. The SMILES string of the molecule is CN(CCCNc1cc(-c2ccccc2Cl)nc2c(Br)cnn12)S(=O)(=O)c1ccc(-c2ccccc2)cc1. The summed E-state index contributed by atoms with van der Waals surface area (Å²) in [5.41, 5.74) is 4.20. The van der Waals surface area contributed by atoms with E-state index in [0.717, 1.165) is 27.0 Å². The predicted octanol–water partition coefficient (Wildman–Crippen LogP) is 6.60. The molecule has 0 spiro atoms. The molecule has 0 unspecified atom stereocenters.